The van der Waals surface area contributed by atoms with Gasteiger partial charge in [-0.2, -0.15) is 0 Å². The van der Waals surface area contributed by atoms with Crippen molar-refractivity contribution in [3.05, 3.63) is 0 Å². The molecule has 0 aliphatic carbocycles. The Bertz CT molecular complexity index is 448. The first-order valence-corrected chi connectivity index (χ1v) is 8.83. The number of hydrogen-bond acceptors (Lipinski definition) is 11. The summed E-state index contributed by atoms with van der Waals surface area (Å²) in [6.45, 7) is 2.08. The van der Waals surface area contributed by atoms with Crippen LogP contribution in [0.15, 0.2) is 0 Å². The van der Waals surface area contributed by atoms with Crippen molar-refractivity contribution < 1.29 is 54.3 Å². The number of aliphatic hydroxyl groups excluding tert-OH is 6. The summed E-state index contributed by atoms with van der Waals surface area (Å²) in [4.78, 5) is 0. The van der Waals surface area contributed by atoms with E-state index in [1.165, 1.54) is 21.0 Å². The highest BCUT2D eigenvalue weighted by atomic mass is 16.7. The lowest BCUT2D eigenvalue weighted by atomic mass is 9.97. The molecule has 2 fully saturated rings. The molecule has 0 amide bonds. The summed E-state index contributed by atoms with van der Waals surface area (Å²) in [5, 5.41) is 59.3. The van der Waals surface area contributed by atoms with Crippen LogP contribution in [-0.2, 0) is 23.7 Å². The lowest BCUT2D eigenvalue weighted by Gasteiger charge is -2.46. The van der Waals surface area contributed by atoms with Crippen molar-refractivity contribution in [2.45, 2.75) is 81.4 Å². The fourth-order valence-electron chi connectivity index (χ4n) is 3.12. The van der Waals surface area contributed by atoms with E-state index in [1.54, 1.807) is 0 Å². The Balaban J connectivity index is 2.13. The first-order valence-electron chi connectivity index (χ1n) is 8.83. The highest BCUT2D eigenvalue weighted by molar-refractivity contribution is 4.93. The van der Waals surface area contributed by atoms with Gasteiger partial charge in [-0.05, 0) is 13.8 Å². The van der Waals surface area contributed by atoms with Crippen molar-refractivity contribution in [3.63, 3.8) is 0 Å². The molecule has 2 saturated heterocycles. The third-order valence-corrected chi connectivity index (χ3v) is 4.86. The average molecular weight is 398 g/mol. The molecule has 27 heavy (non-hydrogen) atoms. The standard InChI is InChI=1S/C16H30O11/c1-6-9(19)11(21)14(23-3)16(25-6)27-13-10(20)7(2)24-15(12(13)22)26-8(4-17)5-18/h6-22H,4-5H2,1-3H3/t6-,7+,9-,10-,11+,12+,13-,14+,15+,16-/m0/s1. The molecule has 0 saturated carbocycles. The van der Waals surface area contributed by atoms with Crippen molar-refractivity contribution in [1.29, 1.82) is 0 Å². The molecule has 2 aliphatic rings. The molecule has 0 aromatic heterocycles. The molecule has 2 aliphatic heterocycles. The van der Waals surface area contributed by atoms with E-state index in [2.05, 4.69) is 0 Å². The number of methoxy groups -OCH3 is 1. The van der Waals surface area contributed by atoms with E-state index < -0.39 is 80.7 Å². The smallest absolute Gasteiger partial charge is 0.187 e. The normalized spacial score (nSPS) is 46.0. The van der Waals surface area contributed by atoms with Gasteiger partial charge in [0.2, 0.25) is 0 Å². The first-order chi connectivity index (χ1) is 12.7. The van der Waals surface area contributed by atoms with Crippen molar-refractivity contribution in [3.8, 4) is 0 Å². The summed E-state index contributed by atoms with van der Waals surface area (Å²) in [6, 6.07) is 0. The van der Waals surface area contributed by atoms with Crippen LogP contribution < -0.4 is 0 Å². The Labute approximate surface area is 157 Å². The highest BCUT2D eigenvalue weighted by Crippen LogP contribution is 2.30. The third kappa shape index (κ3) is 4.95. The Morgan fingerprint density at radius 2 is 1.33 bits per heavy atom. The van der Waals surface area contributed by atoms with Crippen LogP contribution in [0.5, 0.6) is 0 Å². The molecule has 160 valence electrons. The second-order valence-electron chi connectivity index (χ2n) is 6.81. The van der Waals surface area contributed by atoms with Crippen molar-refractivity contribution >= 4 is 0 Å². The summed E-state index contributed by atoms with van der Waals surface area (Å²) < 4.78 is 27.1. The number of ether oxygens (including phenoxy) is 5. The topological polar surface area (TPSA) is 168 Å². The zero-order valence-electron chi connectivity index (χ0n) is 15.5. The Morgan fingerprint density at radius 1 is 0.778 bits per heavy atom. The maximum atomic E-state index is 10.5. The van der Waals surface area contributed by atoms with E-state index in [4.69, 9.17) is 33.9 Å². The Morgan fingerprint density at radius 3 is 1.89 bits per heavy atom. The summed E-state index contributed by atoms with van der Waals surface area (Å²) in [5.41, 5.74) is 0. The van der Waals surface area contributed by atoms with Crippen LogP contribution in [0.2, 0.25) is 0 Å². The van der Waals surface area contributed by atoms with Crippen LogP contribution in [-0.4, -0.2) is 118 Å². The second kappa shape index (κ2) is 9.85. The van der Waals surface area contributed by atoms with Gasteiger partial charge in [0.1, 0.15) is 42.7 Å². The highest BCUT2D eigenvalue weighted by Gasteiger charge is 2.50. The predicted octanol–water partition coefficient (Wildman–Crippen LogP) is -3.31. The van der Waals surface area contributed by atoms with Gasteiger partial charge in [-0.25, -0.2) is 0 Å². The Hall–Kier alpha value is -0.440. The predicted molar refractivity (Wildman–Crippen MR) is 87.4 cm³/mol. The minimum atomic E-state index is -1.49. The summed E-state index contributed by atoms with van der Waals surface area (Å²) >= 11 is 0. The fraction of sp³-hybridized carbons (Fsp3) is 1.00. The minimum Gasteiger partial charge on any atom is -0.394 e. The van der Waals surface area contributed by atoms with Crippen molar-refractivity contribution in [2.75, 3.05) is 20.3 Å². The number of hydrogen-bond donors (Lipinski definition) is 6. The number of aliphatic hydroxyl groups is 6. The lowest BCUT2D eigenvalue weighted by molar-refractivity contribution is -0.360. The van der Waals surface area contributed by atoms with Gasteiger partial charge in [0.15, 0.2) is 12.6 Å². The molecule has 2 rings (SSSR count). The molecular weight excluding hydrogens is 368 g/mol. The minimum absolute atomic E-state index is 0.495. The average Bonchev–Trinajstić information content (AvgIpc) is 2.65. The van der Waals surface area contributed by atoms with Crippen LogP contribution in [0.1, 0.15) is 13.8 Å². The van der Waals surface area contributed by atoms with Crippen molar-refractivity contribution in [1.82, 2.24) is 0 Å². The van der Waals surface area contributed by atoms with E-state index in [0.29, 0.717) is 0 Å². The molecule has 0 spiro atoms. The van der Waals surface area contributed by atoms with Gasteiger partial charge in [0, 0.05) is 7.11 Å². The van der Waals surface area contributed by atoms with Crippen LogP contribution in [0, 0.1) is 0 Å². The maximum Gasteiger partial charge on any atom is 0.187 e. The van der Waals surface area contributed by atoms with E-state index in [-0.39, 0.29) is 0 Å². The quantitative estimate of drug-likeness (QED) is 0.254. The van der Waals surface area contributed by atoms with Gasteiger partial charge >= 0.3 is 0 Å². The van der Waals surface area contributed by atoms with Gasteiger partial charge in [-0.3, -0.25) is 0 Å². The maximum absolute atomic E-state index is 10.5. The molecule has 0 radical (unpaired) electrons. The molecule has 0 aromatic rings. The second-order valence-corrected chi connectivity index (χ2v) is 6.81. The van der Waals surface area contributed by atoms with Gasteiger partial charge in [-0.1, -0.05) is 0 Å². The molecule has 2 heterocycles. The van der Waals surface area contributed by atoms with Crippen LogP contribution >= 0.6 is 0 Å². The van der Waals surface area contributed by atoms with E-state index >= 15 is 0 Å². The van der Waals surface area contributed by atoms with E-state index in [9.17, 15) is 20.4 Å². The van der Waals surface area contributed by atoms with Gasteiger partial charge < -0.3 is 54.3 Å². The molecule has 0 unspecified atom stereocenters. The van der Waals surface area contributed by atoms with E-state index in [1.807, 2.05) is 0 Å². The van der Waals surface area contributed by atoms with Crippen LogP contribution in [0.3, 0.4) is 0 Å². The fourth-order valence-corrected chi connectivity index (χ4v) is 3.12. The van der Waals surface area contributed by atoms with Crippen LogP contribution in [0.4, 0.5) is 0 Å². The molecule has 10 atom stereocenters. The third-order valence-electron chi connectivity index (χ3n) is 4.86. The zero-order chi connectivity index (χ0) is 20.3. The summed E-state index contributed by atoms with van der Waals surface area (Å²) in [5.74, 6) is 0. The largest absolute Gasteiger partial charge is 0.394 e. The molecule has 6 N–H and O–H groups in total. The van der Waals surface area contributed by atoms with E-state index in [0.717, 1.165) is 0 Å². The zero-order valence-corrected chi connectivity index (χ0v) is 15.5. The lowest BCUT2D eigenvalue weighted by Crippen LogP contribution is -2.64. The van der Waals surface area contributed by atoms with Gasteiger partial charge in [-0.15, -0.1) is 0 Å². The Kier molecular flexibility index (Phi) is 8.34. The SMILES string of the molecule is CO[C@H]1[C@H](O[C@H]2[C@@H](O)[C@@H](C)O[C@H](OC(CO)CO)[C@@H]2O)O[C@@H](C)[C@H](O)[C@H]1O. The molecular formula is C16H30O11. The monoisotopic (exact) mass is 398 g/mol. The molecule has 11 heteroatoms. The number of rotatable bonds is 7. The van der Waals surface area contributed by atoms with Gasteiger partial charge in [0.25, 0.3) is 0 Å². The molecule has 0 aromatic carbocycles. The summed E-state index contributed by atoms with van der Waals surface area (Å²) in [7, 11) is 1.30. The van der Waals surface area contributed by atoms with Gasteiger partial charge in [0.05, 0.1) is 25.4 Å². The molecule has 11 nitrogen and oxygen atoms in total. The first kappa shape index (κ1) is 22.8. The van der Waals surface area contributed by atoms with Crippen molar-refractivity contribution in [2.24, 2.45) is 0 Å². The summed E-state index contributed by atoms with van der Waals surface area (Å²) in [6.07, 6.45) is -12.6. The molecule has 0 bridgehead atoms. The van der Waals surface area contributed by atoms with Crippen LogP contribution in [0.25, 0.3) is 0 Å².